The van der Waals surface area contributed by atoms with Crippen molar-refractivity contribution in [3.8, 4) is 0 Å². The van der Waals surface area contributed by atoms with Crippen LogP contribution in [-0.4, -0.2) is 45.8 Å². The molecule has 1 heterocycles. The van der Waals surface area contributed by atoms with Crippen molar-refractivity contribution in [2.75, 3.05) is 13.2 Å². The Hall–Kier alpha value is -1.85. The van der Waals surface area contributed by atoms with E-state index in [2.05, 4.69) is 5.10 Å². The molecule has 0 bridgehead atoms. The number of hydrogen-bond acceptors (Lipinski definition) is 4. The second-order valence-electron chi connectivity index (χ2n) is 6.96. The topological polar surface area (TPSA) is 64.4 Å². The van der Waals surface area contributed by atoms with Crippen LogP contribution in [-0.2, 0) is 21.4 Å². The minimum atomic E-state index is -0.296. The van der Waals surface area contributed by atoms with Crippen LogP contribution < -0.4 is 0 Å². The minimum absolute atomic E-state index is 0.00875. The summed E-state index contributed by atoms with van der Waals surface area (Å²) in [5, 5.41) is 4.20. The Morgan fingerprint density at radius 2 is 2.08 bits per heavy atom. The highest BCUT2D eigenvalue weighted by molar-refractivity contribution is 5.86. The van der Waals surface area contributed by atoms with E-state index in [4.69, 9.17) is 4.74 Å². The van der Waals surface area contributed by atoms with E-state index in [0.717, 1.165) is 37.7 Å². The monoisotopic (exact) mass is 333 g/mol. The Bertz CT molecular complexity index is 592. The standard InChI is InChI=1S/C18H27N3O3/c1-3-24-17(22)12-21(14-7-5-4-6-8-14)18(23)16-9-15(16)13-10-19-20(2)11-13/h10-11,14-16H,3-9,12H2,1-2H3. The highest BCUT2D eigenvalue weighted by Crippen LogP contribution is 2.48. The number of carbonyl (C=O) groups excluding carboxylic acids is 2. The average molecular weight is 333 g/mol. The van der Waals surface area contributed by atoms with Gasteiger partial charge in [0.1, 0.15) is 6.54 Å². The number of nitrogens with zero attached hydrogens (tertiary/aromatic N) is 3. The molecule has 1 amide bonds. The predicted octanol–water partition coefficient (Wildman–Crippen LogP) is 2.25. The van der Waals surface area contributed by atoms with Crippen molar-refractivity contribution in [3.05, 3.63) is 18.0 Å². The molecule has 132 valence electrons. The van der Waals surface area contributed by atoms with Crippen molar-refractivity contribution in [1.29, 1.82) is 0 Å². The molecule has 0 spiro atoms. The lowest BCUT2D eigenvalue weighted by molar-refractivity contribution is -0.151. The van der Waals surface area contributed by atoms with Crippen molar-refractivity contribution >= 4 is 11.9 Å². The van der Waals surface area contributed by atoms with Crippen LogP contribution in [0.3, 0.4) is 0 Å². The molecule has 6 heteroatoms. The molecule has 6 nitrogen and oxygen atoms in total. The summed E-state index contributed by atoms with van der Waals surface area (Å²) in [4.78, 5) is 26.8. The number of ether oxygens (including phenoxy) is 1. The van der Waals surface area contributed by atoms with Gasteiger partial charge in [0.2, 0.25) is 5.91 Å². The van der Waals surface area contributed by atoms with E-state index >= 15 is 0 Å². The molecule has 0 radical (unpaired) electrons. The Balaban J connectivity index is 1.67. The molecule has 2 saturated carbocycles. The number of rotatable bonds is 6. The summed E-state index contributed by atoms with van der Waals surface area (Å²) < 4.78 is 6.85. The average Bonchev–Trinajstić information content (AvgIpc) is 3.27. The molecule has 24 heavy (non-hydrogen) atoms. The zero-order valence-electron chi connectivity index (χ0n) is 14.6. The van der Waals surface area contributed by atoms with E-state index < -0.39 is 0 Å². The molecule has 3 rings (SSSR count). The third-order valence-electron chi connectivity index (χ3n) is 5.16. The van der Waals surface area contributed by atoms with Gasteiger partial charge in [-0.05, 0) is 37.7 Å². The van der Waals surface area contributed by atoms with E-state index in [1.165, 1.54) is 6.42 Å². The first-order chi connectivity index (χ1) is 11.6. The molecule has 0 aliphatic heterocycles. The van der Waals surface area contributed by atoms with Gasteiger partial charge in [-0.15, -0.1) is 0 Å². The van der Waals surface area contributed by atoms with Gasteiger partial charge >= 0.3 is 5.97 Å². The summed E-state index contributed by atoms with van der Waals surface area (Å²) in [5.41, 5.74) is 1.12. The lowest BCUT2D eigenvalue weighted by Crippen LogP contribution is -2.45. The Morgan fingerprint density at radius 3 is 2.71 bits per heavy atom. The normalized spacial score (nSPS) is 23.8. The van der Waals surface area contributed by atoms with Gasteiger partial charge in [0.25, 0.3) is 0 Å². The molecule has 0 saturated heterocycles. The molecule has 0 N–H and O–H groups in total. The molecule has 2 aliphatic carbocycles. The molecular formula is C18H27N3O3. The highest BCUT2D eigenvalue weighted by Gasteiger charge is 2.47. The number of aryl methyl sites for hydroxylation is 1. The third kappa shape index (κ3) is 3.79. The number of esters is 1. The predicted molar refractivity (Wildman–Crippen MR) is 89.3 cm³/mol. The zero-order chi connectivity index (χ0) is 17.1. The van der Waals surface area contributed by atoms with Gasteiger partial charge in [0.15, 0.2) is 0 Å². The maximum Gasteiger partial charge on any atom is 0.325 e. The molecule has 2 aliphatic rings. The fourth-order valence-corrected chi connectivity index (χ4v) is 3.81. The van der Waals surface area contributed by atoms with Gasteiger partial charge < -0.3 is 9.64 Å². The van der Waals surface area contributed by atoms with E-state index in [1.54, 1.807) is 16.5 Å². The smallest absolute Gasteiger partial charge is 0.325 e. The second-order valence-corrected chi connectivity index (χ2v) is 6.96. The van der Waals surface area contributed by atoms with Crippen LogP contribution >= 0.6 is 0 Å². The van der Waals surface area contributed by atoms with Gasteiger partial charge in [0, 0.05) is 25.2 Å². The lowest BCUT2D eigenvalue weighted by atomic mass is 9.93. The van der Waals surface area contributed by atoms with Gasteiger partial charge in [0.05, 0.1) is 12.8 Å². The Morgan fingerprint density at radius 1 is 1.33 bits per heavy atom. The first-order valence-electron chi connectivity index (χ1n) is 9.04. The first kappa shape index (κ1) is 17.0. The summed E-state index contributed by atoms with van der Waals surface area (Å²) in [6.45, 7) is 2.24. The van der Waals surface area contributed by atoms with Crippen LogP contribution in [0.1, 0.15) is 56.9 Å². The summed E-state index contributed by atoms with van der Waals surface area (Å²) in [5.74, 6) is 0.0591. The molecule has 2 fully saturated rings. The van der Waals surface area contributed by atoms with Gasteiger partial charge in [-0.3, -0.25) is 14.3 Å². The van der Waals surface area contributed by atoms with Gasteiger partial charge in [-0.25, -0.2) is 0 Å². The minimum Gasteiger partial charge on any atom is -0.465 e. The zero-order valence-corrected chi connectivity index (χ0v) is 14.6. The quantitative estimate of drug-likeness (QED) is 0.749. The fourth-order valence-electron chi connectivity index (χ4n) is 3.81. The number of hydrogen-bond donors (Lipinski definition) is 0. The SMILES string of the molecule is CCOC(=O)CN(C(=O)C1CC1c1cnn(C)c1)C1CCCCC1. The maximum atomic E-state index is 13.0. The third-order valence-corrected chi connectivity index (χ3v) is 5.16. The molecule has 1 aromatic heterocycles. The van der Waals surface area contributed by atoms with Crippen LogP contribution in [0.4, 0.5) is 0 Å². The summed E-state index contributed by atoms with van der Waals surface area (Å²) in [7, 11) is 1.89. The van der Waals surface area contributed by atoms with Crippen molar-refractivity contribution in [2.45, 2.75) is 57.4 Å². The molecule has 1 aromatic rings. The lowest BCUT2D eigenvalue weighted by Gasteiger charge is -2.34. The van der Waals surface area contributed by atoms with Crippen LogP contribution in [0.15, 0.2) is 12.4 Å². The molecule has 2 atom stereocenters. The van der Waals surface area contributed by atoms with Crippen molar-refractivity contribution in [2.24, 2.45) is 13.0 Å². The summed E-state index contributed by atoms with van der Waals surface area (Å²) >= 11 is 0. The summed E-state index contributed by atoms with van der Waals surface area (Å²) in [6, 6.07) is 0.186. The van der Waals surface area contributed by atoms with Crippen LogP contribution in [0.5, 0.6) is 0 Å². The van der Waals surface area contributed by atoms with E-state index in [0.29, 0.717) is 6.61 Å². The molecule has 2 unspecified atom stereocenters. The van der Waals surface area contributed by atoms with Crippen molar-refractivity contribution < 1.29 is 14.3 Å². The highest BCUT2D eigenvalue weighted by atomic mass is 16.5. The van der Waals surface area contributed by atoms with Gasteiger partial charge in [-0.2, -0.15) is 5.10 Å². The fraction of sp³-hybridized carbons (Fsp3) is 0.722. The molecule has 0 aromatic carbocycles. The number of carbonyl (C=O) groups is 2. The number of aromatic nitrogens is 2. The largest absolute Gasteiger partial charge is 0.465 e. The van der Waals surface area contributed by atoms with Crippen LogP contribution in [0.25, 0.3) is 0 Å². The molecular weight excluding hydrogens is 306 g/mol. The first-order valence-corrected chi connectivity index (χ1v) is 9.04. The second kappa shape index (κ2) is 7.36. The van der Waals surface area contributed by atoms with Crippen molar-refractivity contribution in [1.82, 2.24) is 14.7 Å². The van der Waals surface area contributed by atoms with E-state index in [1.807, 2.05) is 19.4 Å². The number of amides is 1. The van der Waals surface area contributed by atoms with Crippen LogP contribution in [0.2, 0.25) is 0 Å². The van der Waals surface area contributed by atoms with E-state index in [9.17, 15) is 9.59 Å². The maximum absolute atomic E-state index is 13.0. The Kier molecular flexibility index (Phi) is 5.21. The Labute approximate surface area is 143 Å². The summed E-state index contributed by atoms with van der Waals surface area (Å²) in [6.07, 6.45) is 10.2. The van der Waals surface area contributed by atoms with Crippen molar-refractivity contribution in [3.63, 3.8) is 0 Å². The van der Waals surface area contributed by atoms with E-state index in [-0.39, 0.29) is 36.3 Å². The van der Waals surface area contributed by atoms with Gasteiger partial charge in [-0.1, -0.05) is 19.3 Å². The van der Waals surface area contributed by atoms with Crippen LogP contribution in [0, 0.1) is 5.92 Å².